The summed E-state index contributed by atoms with van der Waals surface area (Å²) in [5.41, 5.74) is 0.853. The first-order chi connectivity index (χ1) is 13.0. The number of hydrogen-bond acceptors (Lipinski definition) is 4. The third-order valence-corrected chi connectivity index (χ3v) is 4.55. The number of amides is 1. The molecule has 5 nitrogen and oxygen atoms in total. The number of likely N-dealkylation sites (tertiary alicyclic amines) is 1. The van der Waals surface area contributed by atoms with E-state index in [1.54, 1.807) is 24.3 Å². The molecule has 6 heteroatoms. The number of ether oxygens (including phenoxy) is 1. The number of methoxy groups -OCH3 is 1. The molecule has 1 aliphatic rings. The zero-order valence-corrected chi connectivity index (χ0v) is 15.1. The first-order valence-corrected chi connectivity index (χ1v) is 8.66. The van der Waals surface area contributed by atoms with Crippen LogP contribution in [0, 0.1) is 5.82 Å². The van der Waals surface area contributed by atoms with Crippen LogP contribution in [0.5, 0.6) is 5.75 Å². The number of halogens is 1. The molecule has 1 heterocycles. The molecule has 1 unspecified atom stereocenters. The molecule has 1 fully saturated rings. The Hall–Kier alpha value is -3.15. The van der Waals surface area contributed by atoms with Crippen LogP contribution >= 0.6 is 0 Å². The highest BCUT2D eigenvalue weighted by atomic mass is 19.1. The number of rotatable bonds is 5. The molecule has 27 heavy (non-hydrogen) atoms. The topological polar surface area (TPSA) is 66.8 Å². The maximum atomic E-state index is 13.4. The van der Waals surface area contributed by atoms with Crippen molar-refractivity contribution in [2.45, 2.75) is 19.4 Å². The second kappa shape index (κ2) is 7.61. The van der Waals surface area contributed by atoms with E-state index >= 15 is 0 Å². The monoisotopic (exact) mass is 369 g/mol. The number of para-hydroxylation sites is 1. The predicted molar refractivity (Wildman–Crippen MR) is 98.7 cm³/mol. The largest absolute Gasteiger partial charge is 0.507 e. The average Bonchev–Trinajstić information content (AvgIpc) is 2.93. The lowest BCUT2D eigenvalue weighted by molar-refractivity contribution is -0.139. The van der Waals surface area contributed by atoms with Crippen molar-refractivity contribution in [1.82, 2.24) is 4.90 Å². The molecule has 1 saturated heterocycles. The van der Waals surface area contributed by atoms with Gasteiger partial charge in [0.1, 0.15) is 17.3 Å². The first kappa shape index (κ1) is 18.6. The molecule has 0 aromatic heterocycles. The Morgan fingerprint density at radius 1 is 1.15 bits per heavy atom. The number of ketones is 1. The minimum absolute atomic E-state index is 0.0236. The third-order valence-electron chi connectivity index (χ3n) is 4.55. The summed E-state index contributed by atoms with van der Waals surface area (Å²) < 4.78 is 18.6. The molecule has 0 spiro atoms. The van der Waals surface area contributed by atoms with Gasteiger partial charge in [-0.1, -0.05) is 31.2 Å². The van der Waals surface area contributed by atoms with Crippen LogP contribution in [0.4, 0.5) is 4.39 Å². The Bertz CT molecular complexity index is 905. The van der Waals surface area contributed by atoms with Gasteiger partial charge in [-0.05, 0) is 36.2 Å². The lowest BCUT2D eigenvalue weighted by Gasteiger charge is -2.25. The van der Waals surface area contributed by atoms with Crippen molar-refractivity contribution < 1.29 is 23.8 Å². The Labute approximate surface area is 156 Å². The van der Waals surface area contributed by atoms with Gasteiger partial charge in [-0.15, -0.1) is 0 Å². The van der Waals surface area contributed by atoms with Crippen molar-refractivity contribution in [3.05, 3.63) is 71.0 Å². The number of carbonyl (C=O) groups is 2. The van der Waals surface area contributed by atoms with Gasteiger partial charge in [-0.3, -0.25) is 9.59 Å². The van der Waals surface area contributed by atoms with Crippen LogP contribution in [-0.4, -0.2) is 35.4 Å². The second-order valence-electron chi connectivity index (χ2n) is 6.24. The zero-order valence-electron chi connectivity index (χ0n) is 15.1. The maximum Gasteiger partial charge on any atom is 0.295 e. The van der Waals surface area contributed by atoms with Crippen LogP contribution in [0.3, 0.4) is 0 Å². The zero-order chi connectivity index (χ0) is 19.6. The number of Topliss-reactive ketones (excluding diaryl/α,β-unsaturated/α-hetero) is 1. The van der Waals surface area contributed by atoms with E-state index in [4.69, 9.17) is 4.74 Å². The normalized spacial score (nSPS) is 18.8. The number of nitrogens with zero attached hydrogens (tertiary/aromatic N) is 1. The third kappa shape index (κ3) is 3.30. The molecule has 0 radical (unpaired) electrons. The molecule has 1 aliphatic heterocycles. The smallest absolute Gasteiger partial charge is 0.295 e. The van der Waals surface area contributed by atoms with Crippen molar-refractivity contribution in [3.63, 3.8) is 0 Å². The summed E-state index contributed by atoms with van der Waals surface area (Å²) in [6.07, 6.45) is 0.638. The molecule has 1 atom stereocenters. The minimum atomic E-state index is -0.782. The summed E-state index contributed by atoms with van der Waals surface area (Å²) in [4.78, 5) is 26.7. The van der Waals surface area contributed by atoms with E-state index in [0.717, 1.165) is 0 Å². The van der Waals surface area contributed by atoms with Gasteiger partial charge in [-0.25, -0.2) is 4.39 Å². The van der Waals surface area contributed by atoms with Crippen molar-refractivity contribution in [2.75, 3.05) is 13.7 Å². The summed E-state index contributed by atoms with van der Waals surface area (Å²) in [6, 6.07) is 11.5. The Morgan fingerprint density at radius 2 is 1.81 bits per heavy atom. The van der Waals surface area contributed by atoms with Crippen LogP contribution in [0.25, 0.3) is 5.76 Å². The highest BCUT2D eigenvalue weighted by molar-refractivity contribution is 6.46. The van der Waals surface area contributed by atoms with Crippen molar-refractivity contribution in [3.8, 4) is 5.75 Å². The van der Waals surface area contributed by atoms with Gasteiger partial charge in [-0.2, -0.15) is 0 Å². The molecule has 2 aromatic carbocycles. The lowest BCUT2D eigenvalue weighted by Crippen LogP contribution is -2.30. The predicted octanol–water partition coefficient (Wildman–Crippen LogP) is 3.67. The number of carbonyl (C=O) groups excluding carboxylic acids is 2. The van der Waals surface area contributed by atoms with Gasteiger partial charge in [0.25, 0.3) is 11.7 Å². The van der Waals surface area contributed by atoms with Crippen LogP contribution in [0.1, 0.15) is 30.5 Å². The number of aliphatic hydroxyl groups excluding tert-OH is 1. The quantitative estimate of drug-likeness (QED) is 0.496. The van der Waals surface area contributed by atoms with E-state index in [0.29, 0.717) is 29.8 Å². The highest BCUT2D eigenvalue weighted by Crippen LogP contribution is 2.40. The number of aliphatic hydroxyl groups is 1. The second-order valence-corrected chi connectivity index (χ2v) is 6.24. The molecule has 140 valence electrons. The molecule has 0 aliphatic carbocycles. The van der Waals surface area contributed by atoms with Crippen LogP contribution in [0.15, 0.2) is 54.1 Å². The fraction of sp³-hybridized carbons (Fsp3) is 0.238. The van der Waals surface area contributed by atoms with E-state index < -0.39 is 23.5 Å². The molecular formula is C21H20FNO4. The lowest BCUT2D eigenvalue weighted by atomic mass is 9.95. The summed E-state index contributed by atoms with van der Waals surface area (Å²) in [7, 11) is 1.46. The fourth-order valence-electron chi connectivity index (χ4n) is 3.33. The Morgan fingerprint density at radius 3 is 2.44 bits per heavy atom. The fourth-order valence-corrected chi connectivity index (χ4v) is 3.33. The van der Waals surface area contributed by atoms with E-state index in [9.17, 15) is 19.1 Å². The van der Waals surface area contributed by atoms with Gasteiger partial charge < -0.3 is 14.7 Å². The minimum Gasteiger partial charge on any atom is -0.507 e. The molecule has 3 rings (SSSR count). The van der Waals surface area contributed by atoms with Crippen LogP contribution < -0.4 is 4.74 Å². The van der Waals surface area contributed by atoms with E-state index in [1.807, 2.05) is 6.92 Å². The molecule has 1 N–H and O–H groups in total. The number of hydrogen-bond donors (Lipinski definition) is 1. The average molecular weight is 369 g/mol. The molecule has 2 aromatic rings. The van der Waals surface area contributed by atoms with Crippen LogP contribution in [-0.2, 0) is 9.59 Å². The summed E-state index contributed by atoms with van der Waals surface area (Å²) in [6.45, 7) is 2.23. The molecule has 0 bridgehead atoms. The number of benzene rings is 2. The molecule has 1 amide bonds. The Balaban J connectivity index is 2.22. The maximum absolute atomic E-state index is 13.4. The standard InChI is InChI=1S/C21H20FNO4/c1-3-12-23-18(13-8-10-14(22)11-9-13)17(20(25)21(23)26)19(24)15-6-4-5-7-16(15)27-2/h4-11,18,24H,3,12H2,1-2H3/b19-17-. The first-order valence-electron chi connectivity index (χ1n) is 8.66. The summed E-state index contributed by atoms with van der Waals surface area (Å²) in [5.74, 6) is -1.78. The summed E-state index contributed by atoms with van der Waals surface area (Å²) >= 11 is 0. The molecule has 0 saturated carbocycles. The van der Waals surface area contributed by atoms with Crippen LogP contribution in [0.2, 0.25) is 0 Å². The Kier molecular flexibility index (Phi) is 5.26. The van der Waals surface area contributed by atoms with Gasteiger partial charge in [0.05, 0.1) is 24.3 Å². The van der Waals surface area contributed by atoms with Gasteiger partial charge >= 0.3 is 0 Å². The van der Waals surface area contributed by atoms with Gasteiger partial charge in [0.15, 0.2) is 0 Å². The van der Waals surface area contributed by atoms with E-state index in [1.165, 1.54) is 36.3 Å². The van der Waals surface area contributed by atoms with Crippen molar-refractivity contribution in [2.24, 2.45) is 0 Å². The van der Waals surface area contributed by atoms with Crippen molar-refractivity contribution >= 4 is 17.4 Å². The summed E-state index contributed by atoms with van der Waals surface area (Å²) in [5, 5.41) is 10.9. The van der Waals surface area contributed by atoms with Gasteiger partial charge in [0.2, 0.25) is 0 Å². The van der Waals surface area contributed by atoms with E-state index in [-0.39, 0.29) is 11.3 Å². The van der Waals surface area contributed by atoms with E-state index in [2.05, 4.69) is 0 Å². The highest BCUT2D eigenvalue weighted by Gasteiger charge is 2.45. The molecular weight excluding hydrogens is 349 g/mol. The van der Waals surface area contributed by atoms with Gasteiger partial charge in [0, 0.05) is 6.54 Å². The van der Waals surface area contributed by atoms with Crippen molar-refractivity contribution in [1.29, 1.82) is 0 Å². The SMILES string of the molecule is CCCN1C(=O)C(=O)/C(=C(\O)c2ccccc2OC)C1c1ccc(F)cc1.